The molecule has 0 spiro atoms. The van der Waals surface area contributed by atoms with Crippen LogP contribution in [0.2, 0.25) is 10.0 Å². The van der Waals surface area contributed by atoms with Gasteiger partial charge in [0.1, 0.15) is 17.5 Å². The summed E-state index contributed by atoms with van der Waals surface area (Å²) in [5, 5.41) is 0.945. The number of hydrogen-bond acceptors (Lipinski definition) is 6. The van der Waals surface area contributed by atoms with Gasteiger partial charge in [0.25, 0.3) is 11.5 Å². The highest BCUT2D eigenvalue weighted by Gasteiger charge is 2.36. The van der Waals surface area contributed by atoms with Crippen molar-refractivity contribution < 1.29 is 14.3 Å². The van der Waals surface area contributed by atoms with Crippen molar-refractivity contribution in [1.82, 2.24) is 14.0 Å². The third-order valence-electron chi connectivity index (χ3n) is 7.95. The molecule has 3 heterocycles. The van der Waals surface area contributed by atoms with Gasteiger partial charge in [0, 0.05) is 35.7 Å². The quantitative estimate of drug-likeness (QED) is 0.240. The average molecular weight is 654 g/mol. The number of likely N-dealkylation sites (N-methyl/N-ethyl adjacent to an activating group) is 1. The molecule has 1 aliphatic heterocycles. The van der Waals surface area contributed by atoms with Gasteiger partial charge in [-0.15, -0.1) is 0 Å². The second-order valence-electron chi connectivity index (χ2n) is 10.4. The third kappa shape index (κ3) is 5.49. The van der Waals surface area contributed by atoms with Crippen LogP contribution in [0.3, 0.4) is 0 Å². The lowest BCUT2D eigenvalue weighted by molar-refractivity contribution is -0.127. The van der Waals surface area contributed by atoms with Crippen molar-refractivity contribution in [1.29, 1.82) is 0 Å². The Morgan fingerprint density at radius 2 is 1.75 bits per heavy atom. The molecule has 1 amide bonds. The smallest absolute Gasteiger partial charge is 0.271 e. The molecule has 0 radical (unpaired) electrons. The number of fused-ring (bicyclic) bond motifs is 1. The molecule has 2 aromatic carbocycles. The van der Waals surface area contributed by atoms with E-state index in [1.54, 1.807) is 41.9 Å². The number of rotatable bonds is 8. The highest BCUT2D eigenvalue weighted by Crippen LogP contribution is 2.38. The number of allylic oxidation sites excluding steroid dienone is 1. The first-order valence-electron chi connectivity index (χ1n) is 14.2. The number of carbonyl (C=O) groups is 1. The molecule has 11 heteroatoms. The maximum atomic E-state index is 14.3. The van der Waals surface area contributed by atoms with Crippen LogP contribution in [0.5, 0.6) is 11.5 Å². The molecule has 0 saturated carbocycles. The average Bonchev–Trinajstić information content (AvgIpc) is 3.47. The van der Waals surface area contributed by atoms with Crippen molar-refractivity contribution in [2.24, 2.45) is 4.99 Å². The Balaban J connectivity index is 1.74. The normalized spacial score (nSPS) is 14.8. The minimum absolute atomic E-state index is 0.175. The number of aromatic nitrogens is 2. The van der Waals surface area contributed by atoms with E-state index < -0.39 is 6.04 Å². The number of ether oxygens (including phenoxy) is 2. The molecular formula is C33H34Cl2N4O4S. The molecule has 44 heavy (non-hydrogen) atoms. The summed E-state index contributed by atoms with van der Waals surface area (Å²) in [6.07, 6.45) is 1.88. The summed E-state index contributed by atoms with van der Waals surface area (Å²) in [5.41, 5.74) is 5.04. The van der Waals surface area contributed by atoms with Crippen LogP contribution in [-0.4, -0.2) is 47.3 Å². The van der Waals surface area contributed by atoms with E-state index in [9.17, 15) is 9.59 Å². The lowest BCUT2D eigenvalue weighted by Crippen LogP contribution is -2.43. The number of benzene rings is 2. The molecule has 4 aromatic rings. The van der Waals surface area contributed by atoms with E-state index in [1.807, 2.05) is 65.0 Å². The molecule has 2 aromatic heterocycles. The van der Waals surface area contributed by atoms with Gasteiger partial charge in [0.2, 0.25) is 0 Å². The fourth-order valence-corrected chi connectivity index (χ4v) is 7.05. The zero-order valence-corrected chi connectivity index (χ0v) is 28.0. The first kappa shape index (κ1) is 31.6. The number of amides is 1. The van der Waals surface area contributed by atoms with Gasteiger partial charge in [0.15, 0.2) is 4.80 Å². The molecule has 230 valence electrons. The van der Waals surface area contributed by atoms with Crippen molar-refractivity contribution in [2.45, 2.75) is 40.7 Å². The molecule has 8 nitrogen and oxygen atoms in total. The largest absolute Gasteiger partial charge is 0.497 e. The Labute approximate surface area is 270 Å². The van der Waals surface area contributed by atoms with Gasteiger partial charge < -0.3 is 18.9 Å². The molecule has 5 rings (SSSR count). The summed E-state index contributed by atoms with van der Waals surface area (Å²) in [6, 6.07) is 12.1. The van der Waals surface area contributed by atoms with Crippen molar-refractivity contribution in [3.05, 3.63) is 106 Å². The number of methoxy groups -OCH3 is 2. The Bertz CT molecular complexity index is 1990. The standard InChI is InChI=1S/C33H34Cl2N4O4S/c1-8-37(9-2)32(41)29-19(4)36-33-39(30(29)24-17-23(42-6)11-13-27(24)43-7)31(40)28(44-33)15-21-14-18(3)38(20(21)5)22-10-12-25(34)26(35)16-22/h10-17,30H,8-9H2,1-7H3/b28-15+/t30-/m0/s1. The minimum Gasteiger partial charge on any atom is -0.497 e. The summed E-state index contributed by atoms with van der Waals surface area (Å²) in [6.45, 7) is 10.7. The fraction of sp³-hybridized carbons (Fsp3) is 0.303. The molecule has 1 aliphatic rings. The lowest BCUT2D eigenvalue weighted by Gasteiger charge is -2.30. The van der Waals surface area contributed by atoms with Crippen LogP contribution in [-0.2, 0) is 4.79 Å². The molecule has 0 aliphatic carbocycles. The van der Waals surface area contributed by atoms with Gasteiger partial charge in [-0.25, -0.2) is 4.99 Å². The van der Waals surface area contributed by atoms with Gasteiger partial charge >= 0.3 is 0 Å². The predicted molar refractivity (Wildman–Crippen MR) is 177 cm³/mol. The summed E-state index contributed by atoms with van der Waals surface area (Å²) in [5.74, 6) is 0.947. The first-order valence-corrected chi connectivity index (χ1v) is 15.8. The van der Waals surface area contributed by atoms with Gasteiger partial charge in [0.05, 0.1) is 40.1 Å². The summed E-state index contributed by atoms with van der Waals surface area (Å²) in [4.78, 5) is 35.3. The van der Waals surface area contributed by atoms with E-state index >= 15 is 0 Å². The van der Waals surface area contributed by atoms with E-state index in [4.69, 9.17) is 37.7 Å². The number of carbonyl (C=O) groups excluding carboxylic acids is 1. The number of nitrogens with zero attached hydrogens (tertiary/aromatic N) is 4. The topological polar surface area (TPSA) is 78.1 Å². The Hall–Kier alpha value is -3.79. The molecule has 0 fully saturated rings. The van der Waals surface area contributed by atoms with Crippen molar-refractivity contribution in [3.8, 4) is 17.2 Å². The highest BCUT2D eigenvalue weighted by molar-refractivity contribution is 7.07. The van der Waals surface area contributed by atoms with Crippen LogP contribution in [0.15, 0.2) is 63.5 Å². The zero-order valence-electron chi connectivity index (χ0n) is 25.7. The molecular weight excluding hydrogens is 619 g/mol. The molecule has 0 saturated heterocycles. The van der Waals surface area contributed by atoms with E-state index in [1.165, 1.54) is 11.3 Å². The molecule has 0 bridgehead atoms. The van der Waals surface area contributed by atoms with Gasteiger partial charge in [-0.05, 0) is 88.7 Å². The highest BCUT2D eigenvalue weighted by atomic mass is 35.5. The van der Waals surface area contributed by atoms with Gasteiger partial charge in [-0.2, -0.15) is 0 Å². The van der Waals surface area contributed by atoms with E-state index in [0.29, 0.717) is 60.8 Å². The van der Waals surface area contributed by atoms with E-state index in [2.05, 4.69) is 4.57 Å². The number of thiazole rings is 1. The number of halogens is 2. The zero-order chi connectivity index (χ0) is 31.9. The van der Waals surface area contributed by atoms with Crippen LogP contribution in [0.4, 0.5) is 0 Å². The maximum Gasteiger partial charge on any atom is 0.271 e. The van der Waals surface area contributed by atoms with Crippen LogP contribution >= 0.6 is 34.5 Å². The number of hydrogen-bond donors (Lipinski definition) is 0. The molecule has 0 N–H and O–H groups in total. The van der Waals surface area contributed by atoms with Gasteiger partial charge in [-0.3, -0.25) is 14.2 Å². The summed E-state index contributed by atoms with van der Waals surface area (Å²) < 4.78 is 15.5. The van der Waals surface area contributed by atoms with Gasteiger partial charge in [-0.1, -0.05) is 34.5 Å². The van der Waals surface area contributed by atoms with E-state index in [0.717, 1.165) is 22.6 Å². The minimum atomic E-state index is -0.768. The summed E-state index contributed by atoms with van der Waals surface area (Å²) >= 11 is 13.8. The lowest BCUT2D eigenvalue weighted by atomic mass is 9.93. The van der Waals surface area contributed by atoms with Crippen molar-refractivity contribution in [3.63, 3.8) is 0 Å². The monoisotopic (exact) mass is 652 g/mol. The third-order valence-corrected chi connectivity index (χ3v) is 9.67. The second kappa shape index (κ2) is 12.7. The van der Waals surface area contributed by atoms with Crippen LogP contribution in [0.25, 0.3) is 11.8 Å². The van der Waals surface area contributed by atoms with Crippen molar-refractivity contribution in [2.75, 3.05) is 27.3 Å². The van der Waals surface area contributed by atoms with Crippen molar-refractivity contribution >= 4 is 46.5 Å². The maximum absolute atomic E-state index is 14.3. The Kier molecular flexibility index (Phi) is 9.11. The second-order valence-corrected chi connectivity index (χ2v) is 12.3. The van der Waals surface area contributed by atoms with Crippen LogP contribution in [0, 0.1) is 13.8 Å². The first-order chi connectivity index (χ1) is 21.0. The molecule has 0 unspecified atom stereocenters. The summed E-state index contributed by atoms with van der Waals surface area (Å²) in [7, 11) is 3.15. The number of aryl methyl sites for hydroxylation is 1. The fourth-order valence-electron chi connectivity index (χ4n) is 5.72. The van der Waals surface area contributed by atoms with E-state index in [-0.39, 0.29) is 11.5 Å². The molecule has 1 atom stereocenters. The van der Waals surface area contributed by atoms with Crippen LogP contribution in [0.1, 0.15) is 49.3 Å². The Morgan fingerprint density at radius 1 is 1.02 bits per heavy atom. The SMILES string of the molecule is CCN(CC)C(=O)C1=C(C)N=c2s/c(=C/c3cc(C)n(-c4ccc(Cl)c(Cl)c4)c3C)c(=O)n2[C@H]1c1cc(OC)ccc1OC. The Morgan fingerprint density at radius 3 is 2.39 bits per heavy atom. The van der Waals surface area contributed by atoms with Crippen LogP contribution < -0.4 is 24.4 Å². The predicted octanol–water partition coefficient (Wildman–Crippen LogP) is 5.84.